The number of para-hydroxylation sites is 1. The molecule has 1 aromatic carbocycles. The molecule has 0 radical (unpaired) electrons. The van der Waals surface area contributed by atoms with Crippen LogP contribution in [0.25, 0.3) is 0 Å². The molecule has 0 aliphatic carbocycles. The van der Waals surface area contributed by atoms with Gasteiger partial charge in [0.15, 0.2) is 0 Å². The first-order valence-electron chi connectivity index (χ1n) is 6.11. The summed E-state index contributed by atoms with van der Waals surface area (Å²) >= 11 is 5.77. The first-order valence-corrected chi connectivity index (χ1v) is 6.48. The maximum Gasteiger partial charge on any atom is 0.254 e. The third kappa shape index (κ3) is 2.24. The first kappa shape index (κ1) is 12.2. The van der Waals surface area contributed by atoms with Gasteiger partial charge in [-0.2, -0.15) is 0 Å². The minimum atomic E-state index is -0.123. The second-order valence-corrected chi connectivity index (χ2v) is 5.01. The van der Waals surface area contributed by atoms with Crippen LogP contribution >= 0.6 is 11.6 Å². The van der Waals surface area contributed by atoms with E-state index in [2.05, 4.69) is 4.98 Å². The fourth-order valence-electron chi connectivity index (χ4n) is 2.41. The minimum absolute atomic E-state index is 0.123. The Bertz CT molecular complexity index is 681. The summed E-state index contributed by atoms with van der Waals surface area (Å²) in [5, 5.41) is 0.238. The van der Waals surface area contributed by atoms with E-state index in [1.165, 1.54) is 6.07 Å². The highest BCUT2D eigenvalue weighted by Crippen LogP contribution is 2.34. The molecule has 0 bridgehead atoms. The second-order valence-electron chi connectivity index (χ2n) is 4.62. The summed E-state index contributed by atoms with van der Waals surface area (Å²) < 4.78 is 7.27. The predicted octanol–water partition coefficient (Wildman–Crippen LogP) is 2.38. The molecule has 2 heterocycles. The molecule has 98 valence electrons. The average molecular weight is 277 g/mol. The summed E-state index contributed by atoms with van der Waals surface area (Å²) in [6, 6.07) is 9.26. The maximum atomic E-state index is 12.0. The van der Waals surface area contributed by atoms with Gasteiger partial charge in [0.25, 0.3) is 5.56 Å². The third-order valence-corrected chi connectivity index (χ3v) is 3.56. The van der Waals surface area contributed by atoms with Crippen LogP contribution in [0.3, 0.4) is 0 Å². The van der Waals surface area contributed by atoms with Crippen LogP contribution < -0.4 is 10.3 Å². The Hall–Kier alpha value is -1.81. The van der Waals surface area contributed by atoms with E-state index in [1.54, 1.807) is 11.5 Å². The molecule has 1 aliphatic heterocycles. The van der Waals surface area contributed by atoms with Crippen LogP contribution in [0.2, 0.25) is 5.15 Å². The molecular formula is C14H13ClN2O2. The van der Waals surface area contributed by atoms with Gasteiger partial charge in [-0.3, -0.25) is 9.36 Å². The highest BCUT2D eigenvalue weighted by atomic mass is 35.5. The van der Waals surface area contributed by atoms with E-state index in [4.69, 9.17) is 16.3 Å². The van der Waals surface area contributed by atoms with Gasteiger partial charge in [-0.1, -0.05) is 29.8 Å². The predicted molar refractivity (Wildman–Crippen MR) is 72.9 cm³/mol. The van der Waals surface area contributed by atoms with Crippen LogP contribution in [0.15, 0.2) is 35.1 Å². The normalized spacial score (nSPS) is 17.1. The van der Waals surface area contributed by atoms with Crippen LogP contribution in [0.1, 0.15) is 17.3 Å². The van der Waals surface area contributed by atoms with Crippen molar-refractivity contribution >= 4 is 11.6 Å². The van der Waals surface area contributed by atoms with Gasteiger partial charge in [0.05, 0.1) is 6.61 Å². The third-order valence-electron chi connectivity index (χ3n) is 3.37. The lowest BCUT2D eigenvalue weighted by molar-refractivity contribution is 0.316. The number of aromatic nitrogens is 2. The van der Waals surface area contributed by atoms with Crippen molar-refractivity contribution in [2.45, 2.75) is 19.4 Å². The van der Waals surface area contributed by atoms with Crippen molar-refractivity contribution in [3.8, 4) is 5.75 Å². The molecule has 0 spiro atoms. The van der Waals surface area contributed by atoms with E-state index < -0.39 is 0 Å². The number of ether oxygens (including phenoxy) is 1. The Kier molecular flexibility index (Phi) is 3.03. The van der Waals surface area contributed by atoms with Gasteiger partial charge >= 0.3 is 0 Å². The zero-order valence-corrected chi connectivity index (χ0v) is 11.2. The molecule has 0 saturated carbocycles. The van der Waals surface area contributed by atoms with Crippen LogP contribution in [0.5, 0.6) is 5.75 Å². The molecule has 5 heteroatoms. The van der Waals surface area contributed by atoms with Crippen LogP contribution in [-0.2, 0) is 6.54 Å². The van der Waals surface area contributed by atoms with E-state index in [0.717, 1.165) is 11.3 Å². The molecule has 1 atom stereocenters. The molecule has 4 nitrogen and oxygen atoms in total. The van der Waals surface area contributed by atoms with Gasteiger partial charge in [0, 0.05) is 24.1 Å². The monoisotopic (exact) mass is 276 g/mol. The number of fused-ring (bicyclic) bond motifs is 1. The number of benzene rings is 1. The minimum Gasteiger partial charge on any atom is -0.493 e. The Morgan fingerprint density at radius 2 is 2.26 bits per heavy atom. The second kappa shape index (κ2) is 4.70. The Morgan fingerprint density at radius 3 is 3.05 bits per heavy atom. The molecule has 1 aliphatic rings. The van der Waals surface area contributed by atoms with Gasteiger partial charge in [-0.15, -0.1) is 0 Å². The van der Waals surface area contributed by atoms with Crippen molar-refractivity contribution < 1.29 is 4.74 Å². The summed E-state index contributed by atoms with van der Waals surface area (Å²) in [4.78, 5) is 16.1. The summed E-state index contributed by atoms with van der Waals surface area (Å²) in [6.07, 6.45) is 0. The van der Waals surface area contributed by atoms with Gasteiger partial charge in [-0.05, 0) is 13.0 Å². The summed E-state index contributed by atoms with van der Waals surface area (Å²) in [5.41, 5.74) is 1.02. The summed E-state index contributed by atoms with van der Waals surface area (Å²) in [6.45, 7) is 2.94. The molecule has 3 rings (SSSR count). The van der Waals surface area contributed by atoms with Crippen molar-refractivity contribution in [3.05, 3.63) is 57.2 Å². The largest absolute Gasteiger partial charge is 0.493 e. The number of hydrogen-bond acceptors (Lipinski definition) is 3. The SMILES string of the molecule is Cc1nc(Cl)cc(=O)n1CC1COc2ccccc21. The van der Waals surface area contributed by atoms with Crippen molar-refractivity contribution in [3.63, 3.8) is 0 Å². The van der Waals surface area contributed by atoms with Gasteiger partial charge in [0.2, 0.25) is 0 Å². The number of hydrogen-bond donors (Lipinski definition) is 0. The van der Waals surface area contributed by atoms with E-state index in [9.17, 15) is 4.79 Å². The lowest BCUT2D eigenvalue weighted by Crippen LogP contribution is -2.26. The smallest absolute Gasteiger partial charge is 0.254 e. The number of halogens is 1. The van der Waals surface area contributed by atoms with Crippen LogP contribution in [-0.4, -0.2) is 16.2 Å². The molecule has 0 saturated heterocycles. The molecule has 0 N–H and O–H groups in total. The highest BCUT2D eigenvalue weighted by Gasteiger charge is 2.24. The molecular weight excluding hydrogens is 264 g/mol. The zero-order chi connectivity index (χ0) is 13.4. The number of rotatable bonds is 2. The summed E-state index contributed by atoms with van der Waals surface area (Å²) in [7, 11) is 0. The van der Waals surface area contributed by atoms with Crippen molar-refractivity contribution in [1.82, 2.24) is 9.55 Å². The van der Waals surface area contributed by atoms with Gasteiger partial charge in [-0.25, -0.2) is 4.98 Å². The van der Waals surface area contributed by atoms with Crippen molar-refractivity contribution in [2.24, 2.45) is 0 Å². The van der Waals surface area contributed by atoms with E-state index in [1.807, 2.05) is 24.3 Å². The molecule has 1 unspecified atom stereocenters. The van der Waals surface area contributed by atoms with E-state index in [0.29, 0.717) is 19.0 Å². The fraction of sp³-hybridized carbons (Fsp3) is 0.286. The highest BCUT2D eigenvalue weighted by molar-refractivity contribution is 6.29. The fourth-order valence-corrected chi connectivity index (χ4v) is 2.63. The molecule has 0 amide bonds. The Morgan fingerprint density at radius 1 is 1.47 bits per heavy atom. The standard InChI is InChI=1S/C14H13ClN2O2/c1-9-16-13(15)6-14(18)17(9)7-10-8-19-12-5-3-2-4-11(10)12/h2-6,10H,7-8H2,1H3. The van der Waals surface area contributed by atoms with E-state index in [-0.39, 0.29) is 16.6 Å². The lowest BCUT2D eigenvalue weighted by atomic mass is 10.0. The quantitative estimate of drug-likeness (QED) is 0.791. The topological polar surface area (TPSA) is 44.1 Å². The Labute approximate surface area is 115 Å². The molecule has 2 aromatic rings. The summed E-state index contributed by atoms with van der Waals surface area (Å²) in [5.74, 6) is 1.71. The van der Waals surface area contributed by atoms with Crippen LogP contribution in [0, 0.1) is 6.92 Å². The van der Waals surface area contributed by atoms with Crippen molar-refractivity contribution in [1.29, 1.82) is 0 Å². The molecule has 0 fully saturated rings. The number of nitrogens with zero attached hydrogens (tertiary/aromatic N) is 2. The maximum absolute atomic E-state index is 12.0. The first-order chi connectivity index (χ1) is 9.15. The molecule has 1 aromatic heterocycles. The van der Waals surface area contributed by atoms with Crippen molar-refractivity contribution in [2.75, 3.05) is 6.61 Å². The lowest BCUT2D eigenvalue weighted by Gasteiger charge is -2.13. The Balaban J connectivity index is 1.94. The zero-order valence-electron chi connectivity index (χ0n) is 10.5. The number of aryl methyl sites for hydroxylation is 1. The van der Waals surface area contributed by atoms with Gasteiger partial charge in [0.1, 0.15) is 16.7 Å². The van der Waals surface area contributed by atoms with Gasteiger partial charge < -0.3 is 4.74 Å². The average Bonchev–Trinajstić information content (AvgIpc) is 2.77. The van der Waals surface area contributed by atoms with Crippen LogP contribution in [0.4, 0.5) is 0 Å². The van der Waals surface area contributed by atoms with E-state index >= 15 is 0 Å². The molecule has 19 heavy (non-hydrogen) atoms.